The maximum absolute atomic E-state index is 12.1. The molecule has 19 heavy (non-hydrogen) atoms. The monoisotopic (exact) mass is 258 g/mol. The van der Waals surface area contributed by atoms with Gasteiger partial charge in [0.1, 0.15) is 0 Å². The number of carbonyl (C=O) groups is 1. The molecule has 4 nitrogen and oxygen atoms in total. The van der Waals surface area contributed by atoms with E-state index in [1.54, 1.807) is 0 Å². The first-order chi connectivity index (χ1) is 9.29. The highest BCUT2D eigenvalue weighted by atomic mass is 16.5. The molecule has 0 atom stereocenters. The summed E-state index contributed by atoms with van der Waals surface area (Å²) >= 11 is 0. The van der Waals surface area contributed by atoms with Gasteiger partial charge in [-0.05, 0) is 31.0 Å². The fourth-order valence-corrected chi connectivity index (χ4v) is 2.03. The molecule has 1 saturated heterocycles. The van der Waals surface area contributed by atoms with E-state index >= 15 is 0 Å². The van der Waals surface area contributed by atoms with Crippen molar-refractivity contribution in [3.05, 3.63) is 29.8 Å². The van der Waals surface area contributed by atoms with Crippen molar-refractivity contribution < 1.29 is 9.53 Å². The van der Waals surface area contributed by atoms with Gasteiger partial charge >= 0.3 is 0 Å². The number of rotatable bonds is 2. The fourth-order valence-electron chi connectivity index (χ4n) is 2.03. The molecule has 4 heteroatoms. The quantitative estimate of drug-likeness (QED) is 0.787. The Labute approximate surface area is 113 Å². The summed E-state index contributed by atoms with van der Waals surface area (Å²) in [5.74, 6) is 5.86. The maximum Gasteiger partial charge on any atom is 0.227 e. The lowest BCUT2D eigenvalue weighted by atomic mass is 9.99. The van der Waals surface area contributed by atoms with Crippen LogP contribution in [0.3, 0.4) is 0 Å². The summed E-state index contributed by atoms with van der Waals surface area (Å²) in [7, 11) is 0. The van der Waals surface area contributed by atoms with Crippen molar-refractivity contribution >= 4 is 11.6 Å². The topological polar surface area (TPSA) is 64.3 Å². The van der Waals surface area contributed by atoms with E-state index in [4.69, 9.17) is 10.5 Å². The molecule has 0 aromatic heterocycles. The first-order valence-electron chi connectivity index (χ1n) is 6.47. The summed E-state index contributed by atoms with van der Waals surface area (Å²) in [5.41, 5.74) is 6.97. The van der Waals surface area contributed by atoms with E-state index in [0.717, 1.165) is 24.1 Å². The van der Waals surface area contributed by atoms with Gasteiger partial charge in [-0.15, -0.1) is 0 Å². The molecule has 0 unspecified atom stereocenters. The number of benzene rings is 1. The minimum absolute atomic E-state index is 0.0486. The van der Waals surface area contributed by atoms with Crippen LogP contribution in [-0.4, -0.2) is 25.7 Å². The summed E-state index contributed by atoms with van der Waals surface area (Å²) in [6.07, 6.45) is 1.58. The highest BCUT2D eigenvalue weighted by molar-refractivity contribution is 5.92. The third kappa shape index (κ3) is 4.09. The van der Waals surface area contributed by atoms with Gasteiger partial charge in [-0.25, -0.2) is 0 Å². The van der Waals surface area contributed by atoms with Gasteiger partial charge in [0.05, 0.1) is 6.54 Å². The van der Waals surface area contributed by atoms with Crippen LogP contribution >= 0.6 is 0 Å². The zero-order valence-corrected chi connectivity index (χ0v) is 10.8. The second kappa shape index (κ2) is 6.93. The average Bonchev–Trinajstić information content (AvgIpc) is 2.46. The normalized spacial score (nSPS) is 15.4. The molecule has 0 spiro atoms. The van der Waals surface area contributed by atoms with Gasteiger partial charge in [-0.3, -0.25) is 4.79 Å². The van der Waals surface area contributed by atoms with E-state index in [-0.39, 0.29) is 11.8 Å². The van der Waals surface area contributed by atoms with E-state index in [2.05, 4.69) is 17.2 Å². The molecule has 0 saturated carbocycles. The van der Waals surface area contributed by atoms with Crippen molar-refractivity contribution in [2.45, 2.75) is 12.8 Å². The molecule has 1 aliphatic rings. The van der Waals surface area contributed by atoms with E-state index in [1.165, 1.54) is 0 Å². The number of hydrogen-bond acceptors (Lipinski definition) is 3. The third-order valence-corrected chi connectivity index (χ3v) is 3.06. The van der Waals surface area contributed by atoms with Gasteiger partial charge in [0.15, 0.2) is 0 Å². The van der Waals surface area contributed by atoms with Crippen LogP contribution in [-0.2, 0) is 9.53 Å². The number of hydrogen-bond donors (Lipinski definition) is 2. The van der Waals surface area contributed by atoms with E-state index in [0.29, 0.717) is 19.8 Å². The molecule has 1 heterocycles. The Hall–Kier alpha value is -1.83. The fraction of sp³-hybridized carbons (Fsp3) is 0.400. The summed E-state index contributed by atoms with van der Waals surface area (Å²) in [5, 5.41) is 2.93. The number of anilines is 1. The number of nitrogens with one attached hydrogen (secondary N) is 1. The molecule has 1 aromatic carbocycles. The minimum Gasteiger partial charge on any atom is -0.381 e. The second-order valence-electron chi connectivity index (χ2n) is 4.46. The van der Waals surface area contributed by atoms with E-state index in [1.807, 2.05) is 24.3 Å². The summed E-state index contributed by atoms with van der Waals surface area (Å²) < 4.78 is 5.25. The molecular weight excluding hydrogens is 240 g/mol. The molecule has 1 amide bonds. The maximum atomic E-state index is 12.1. The average molecular weight is 258 g/mol. The van der Waals surface area contributed by atoms with Crippen LogP contribution in [0.15, 0.2) is 24.3 Å². The molecule has 0 radical (unpaired) electrons. The molecule has 100 valence electrons. The van der Waals surface area contributed by atoms with Crippen LogP contribution in [0.5, 0.6) is 0 Å². The van der Waals surface area contributed by atoms with Crippen molar-refractivity contribution in [2.24, 2.45) is 11.7 Å². The minimum atomic E-state index is 0.0486. The lowest BCUT2D eigenvalue weighted by molar-refractivity contribution is -0.122. The Morgan fingerprint density at radius 1 is 1.42 bits per heavy atom. The molecule has 0 aliphatic carbocycles. The Balaban J connectivity index is 1.99. The largest absolute Gasteiger partial charge is 0.381 e. The molecule has 0 bridgehead atoms. The predicted octanol–water partition coefficient (Wildman–Crippen LogP) is 1.36. The van der Waals surface area contributed by atoms with Gasteiger partial charge in [0.25, 0.3) is 0 Å². The summed E-state index contributed by atoms with van der Waals surface area (Å²) in [6.45, 7) is 1.67. The van der Waals surface area contributed by atoms with Crippen molar-refractivity contribution in [1.29, 1.82) is 0 Å². The van der Waals surface area contributed by atoms with Crippen molar-refractivity contribution in [3.63, 3.8) is 0 Å². The van der Waals surface area contributed by atoms with E-state index < -0.39 is 0 Å². The summed E-state index contributed by atoms with van der Waals surface area (Å²) in [4.78, 5) is 12.1. The zero-order chi connectivity index (χ0) is 13.5. The van der Waals surface area contributed by atoms with Crippen molar-refractivity contribution in [2.75, 3.05) is 25.1 Å². The van der Waals surface area contributed by atoms with Crippen molar-refractivity contribution in [3.8, 4) is 11.8 Å². The number of carbonyl (C=O) groups excluding carboxylic acids is 1. The standard InChI is InChI=1S/C15H18N2O2/c16-8-2-4-12-3-1-5-14(11-12)17-15(18)13-6-9-19-10-7-13/h1,3,5,11,13H,6-10,16H2,(H,17,18). The van der Waals surface area contributed by atoms with Crippen LogP contribution < -0.4 is 11.1 Å². The highest BCUT2D eigenvalue weighted by Crippen LogP contribution is 2.18. The van der Waals surface area contributed by atoms with Crippen LogP contribution in [0.4, 0.5) is 5.69 Å². The Kier molecular flexibility index (Phi) is 4.96. The number of amides is 1. The summed E-state index contributed by atoms with van der Waals surface area (Å²) in [6, 6.07) is 7.50. The lowest BCUT2D eigenvalue weighted by Gasteiger charge is -2.21. The van der Waals surface area contributed by atoms with Crippen LogP contribution in [0.1, 0.15) is 18.4 Å². The van der Waals surface area contributed by atoms with Gasteiger partial charge in [-0.2, -0.15) is 0 Å². The van der Waals surface area contributed by atoms with E-state index in [9.17, 15) is 4.79 Å². The molecule has 1 fully saturated rings. The van der Waals surface area contributed by atoms with Crippen molar-refractivity contribution in [1.82, 2.24) is 0 Å². The Bertz CT molecular complexity index is 496. The lowest BCUT2D eigenvalue weighted by Crippen LogP contribution is -2.28. The van der Waals surface area contributed by atoms with Crippen LogP contribution in [0, 0.1) is 17.8 Å². The molecular formula is C15H18N2O2. The SMILES string of the molecule is NCC#Cc1cccc(NC(=O)C2CCOCC2)c1. The van der Waals surface area contributed by atoms with Gasteiger partial charge in [-0.1, -0.05) is 17.9 Å². The van der Waals surface area contributed by atoms with Gasteiger partial charge in [0.2, 0.25) is 5.91 Å². The second-order valence-corrected chi connectivity index (χ2v) is 4.46. The van der Waals surface area contributed by atoms with Gasteiger partial charge < -0.3 is 15.8 Å². The molecule has 1 aromatic rings. The third-order valence-electron chi connectivity index (χ3n) is 3.06. The van der Waals surface area contributed by atoms with Gasteiger partial charge in [0, 0.05) is 30.4 Å². The predicted molar refractivity (Wildman–Crippen MR) is 74.5 cm³/mol. The molecule has 1 aliphatic heterocycles. The highest BCUT2D eigenvalue weighted by Gasteiger charge is 2.21. The Morgan fingerprint density at radius 3 is 2.95 bits per heavy atom. The first-order valence-corrected chi connectivity index (χ1v) is 6.47. The van der Waals surface area contributed by atoms with Crippen LogP contribution in [0.25, 0.3) is 0 Å². The zero-order valence-electron chi connectivity index (χ0n) is 10.8. The molecule has 2 rings (SSSR count). The number of nitrogens with two attached hydrogens (primary N) is 1. The van der Waals surface area contributed by atoms with Crippen LogP contribution in [0.2, 0.25) is 0 Å². The Morgan fingerprint density at radius 2 is 2.21 bits per heavy atom. The first kappa shape index (κ1) is 13.6. The number of ether oxygens (including phenoxy) is 1. The molecule has 3 N–H and O–H groups in total. The smallest absolute Gasteiger partial charge is 0.227 e.